The van der Waals surface area contributed by atoms with E-state index in [-0.39, 0.29) is 29.8 Å². The minimum atomic E-state index is 0.0444. The van der Waals surface area contributed by atoms with Crippen molar-refractivity contribution in [3.8, 4) is 5.75 Å². The van der Waals surface area contributed by atoms with Gasteiger partial charge in [0.25, 0.3) is 0 Å². The average molecular weight is 555 g/mol. The number of carbonyl (C=O) groups is 3. The van der Waals surface area contributed by atoms with Crippen LogP contribution in [0.4, 0.5) is 0 Å². The number of rotatable bonds is 7. The van der Waals surface area contributed by atoms with Crippen LogP contribution in [0, 0.1) is 23.7 Å². The molecule has 222 valence electrons. The second-order valence-corrected chi connectivity index (χ2v) is 12.8. The van der Waals surface area contributed by atoms with Gasteiger partial charge < -0.3 is 20.3 Å². The number of carbonyl (C=O) groups excluding carboxylic acids is 3. The van der Waals surface area contributed by atoms with E-state index in [1.54, 1.807) is 7.11 Å². The molecule has 2 N–H and O–H groups in total. The molecule has 3 aliphatic heterocycles. The Labute approximate surface area is 240 Å². The summed E-state index contributed by atoms with van der Waals surface area (Å²) in [5.41, 5.74) is 1.09. The number of fused-ring (bicyclic) bond motifs is 4. The number of benzene rings is 1. The molecule has 3 amide bonds. The molecular weight excluding hydrogens is 504 g/mol. The van der Waals surface area contributed by atoms with Gasteiger partial charge in [-0.15, -0.1) is 0 Å². The topological polar surface area (TPSA) is 91.0 Å². The summed E-state index contributed by atoms with van der Waals surface area (Å²) in [7, 11) is 1.67. The van der Waals surface area contributed by atoms with Crippen LogP contribution in [-0.4, -0.2) is 79.4 Å². The Bertz CT molecular complexity index is 1010. The molecule has 0 aliphatic carbocycles. The SMILES string of the molecule is COc1ccccc1CCNC(=O)CN1C[C@@H]2C[C@H](C1)[C@@H]1CCCC(=O)N[C@H](C(C)C)CC[C@@H](C)CC(=O)N1C2. The van der Waals surface area contributed by atoms with E-state index in [2.05, 4.69) is 41.2 Å². The van der Waals surface area contributed by atoms with Gasteiger partial charge in [-0.2, -0.15) is 0 Å². The number of hydrogen-bond donors (Lipinski definition) is 2. The highest BCUT2D eigenvalue weighted by Crippen LogP contribution is 2.36. The lowest BCUT2D eigenvalue weighted by Gasteiger charge is -2.51. The Morgan fingerprint density at radius 3 is 2.70 bits per heavy atom. The Morgan fingerprint density at radius 1 is 1.12 bits per heavy atom. The molecule has 3 aliphatic rings. The first-order valence-corrected chi connectivity index (χ1v) is 15.4. The van der Waals surface area contributed by atoms with Crippen LogP contribution >= 0.6 is 0 Å². The van der Waals surface area contributed by atoms with Gasteiger partial charge >= 0.3 is 0 Å². The van der Waals surface area contributed by atoms with Crippen LogP contribution in [0.25, 0.3) is 0 Å². The third kappa shape index (κ3) is 8.21. The molecule has 5 atom stereocenters. The fourth-order valence-corrected chi connectivity index (χ4v) is 7.04. The predicted molar refractivity (Wildman–Crippen MR) is 157 cm³/mol. The van der Waals surface area contributed by atoms with Gasteiger partial charge in [0.1, 0.15) is 5.75 Å². The molecule has 0 radical (unpaired) electrons. The number of amides is 3. The van der Waals surface area contributed by atoms with E-state index in [0.717, 1.165) is 69.5 Å². The van der Waals surface area contributed by atoms with E-state index in [9.17, 15) is 14.4 Å². The lowest BCUT2D eigenvalue weighted by Crippen LogP contribution is -2.60. The highest BCUT2D eigenvalue weighted by molar-refractivity contribution is 5.78. The van der Waals surface area contributed by atoms with E-state index in [1.165, 1.54) is 0 Å². The minimum absolute atomic E-state index is 0.0444. The van der Waals surface area contributed by atoms with Gasteiger partial charge in [0.15, 0.2) is 0 Å². The largest absolute Gasteiger partial charge is 0.496 e. The molecule has 0 saturated carbocycles. The first kappa shape index (κ1) is 30.4. The first-order chi connectivity index (χ1) is 19.2. The van der Waals surface area contributed by atoms with Crippen molar-refractivity contribution in [1.82, 2.24) is 20.4 Å². The molecule has 0 aromatic heterocycles. The maximum Gasteiger partial charge on any atom is 0.234 e. The van der Waals surface area contributed by atoms with Crippen LogP contribution in [0.15, 0.2) is 24.3 Å². The van der Waals surface area contributed by atoms with Crippen LogP contribution in [0.5, 0.6) is 5.75 Å². The van der Waals surface area contributed by atoms with Gasteiger partial charge in [-0.05, 0) is 73.8 Å². The van der Waals surface area contributed by atoms with Crippen molar-refractivity contribution in [1.29, 1.82) is 0 Å². The summed E-state index contributed by atoms with van der Waals surface area (Å²) in [6, 6.07) is 8.21. The zero-order valence-electron chi connectivity index (χ0n) is 25.0. The number of nitrogens with zero attached hydrogens (tertiary/aromatic N) is 2. The maximum atomic E-state index is 13.6. The van der Waals surface area contributed by atoms with Crippen molar-refractivity contribution >= 4 is 17.7 Å². The van der Waals surface area contributed by atoms with E-state index in [4.69, 9.17) is 4.74 Å². The predicted octanol–water partition coefficient (Wildman–Crippen LogP) is 3.63. The van der Waals surface area contributed by atoms with Crippen LogP contribution < -0.4 is 15.4 Å². The molecule has 2 bridgehead atoms. The smallest absolute Gasteiger partial charge is 0.234 e. The number of piperidine rings is 2. The van der Waals surface area contributed by atoms with Crippen LogP contribution in [0.1, 0.15) is 71.3 Å². The fourth-order valence-electron chi connectivity index (χ4n) is 7.04. The second-order valence-electron chi connectivity index (χ2n) is 12.8. The van der Waals surface area contributed by atoms with Crippen molar-refractivity contribution in [3.05, 3.63) is 29.8 Å². The van der Waals surface area contributed by atoms with Gasteiger partial charge in [-0.1, -0.05) is 39.0 Å². The van der Waals surface area contributed by atoms with E-state index >= 15 is 0 Å². The summed E-state index contributed by atoms with van der Waals surface area (Å²) in [6.07, 6.45) is 6.39. The Morgan fingerprint density at radius 2 is 1.93 bits per heavy atom. The Kier molecular flexibility index (Phi) is 10.9. The molecule has 3 saturated heterocycles. The molecule has 0 unspecified atom stereocenters. The van der Waals surface area contributed by atoms with Crippen molar-refractivity contribution in [2.75, 3.05) is 39.8 Å². The normalized spacial score (nSPS) is 28.5. The van der Waals surface area contributed by atoms with E-state index in [0.29, 0.717) is 49.6 Å². The first-order valence-electron chi connectivity index (χ1n) is 15.4. The standard InChI is InChI=1S/C32H50N4O4/c1-22(2)27-13-12-23(3)16-32(39)36-19-24-17-26(28(36)9-7-11-30(37)34-27)20-35(18-24)21-31(38)33-15-14-25-8-5-6-10-29(25)40-4/h5-6,8,10,22-24,26-28H,7,9,11-21H2,1-4H3,(H,33,38)(H,34,37)/t23-,24+,26-,27+,28+/m1/s1. The van der Waals surface area contributed by atoms with Gasteiger partial charge in [0, 0.05) is 51.1 Å². The lowest BCUT2D eigenvalue weighted by atomic mass is 9.77. The summed E-state index contributed by atoms with van der Waals surface area (Å²) in [5.74, 6) is 2.70. The number of likely N-dealkylation sites (tertiary alicyclic amines) is 1. The fraction of sp³-hybridized carbons (Fsp3) is 0.719. The summed E-state index contributed by atoms with van der Waals surface area (Å²) >= 11 is 0. The van der Waals surface area contributed by atoms with Crippen molar-refractivity contribution < 1.29 is 19.1 Å². The number of methoxy groups -OCH3 is 1. The molecule has 1 aromatic carbocycles. The molecule has 3 heterocycles. The molecule has 3 fully saturated rings. The molecule has 4 rings (SSSR count). The molecule has 1 aromatic rings. The second kappa shape index (κ2) is 14.3. The van der Waals surface area contributed by atoms with Crippen LogP contribution in [-0.2, 0) is 20.8 Å². The van der Waals surface area contributed by atoms with Gasteiger partial charge in [-0.3, -0.25) is 19.3 Å². The average Bonchev–Trinajstić information content (AvgIpc) is 2.92. The van der Waals surface area contributed by atoms with Gasteiger partial charge in [0.05, 0.1) is 13.7 Å². The van der Waals surface area contributed by atoms with Gasteiger partial charge in [-0.25, -0.2) is 0 Å². The van der Waals surface area contributed by atoms with Gasteiger partial charge in [0.2, 0.25) is 17.7 Å². The monoisotopic (exact) mass is 554 g/mol. The molecule has 0 spiro atoms. The number of hydrogen-bond acceptors (Lipinski definition) is 5. The van der Waals surface area contributed by atoms with Crippen molar-refractivity contribution in [2.24, 2.45) is 23.7 Å². The lowest BCUT2D eigenvalue weighted by molar-refractivity contribution is -0.143. The summed E-state index contributed by atoms with van der Waals surface area (Å²) in [6.45, 7) is 9.88. The molecule has 8 heteroatoms. The van der Waals surface area contributed by atoms with E-state index < -0.39 is 0 Å². The Balaban J connectivity index is 1.35. The zero-order valence-corrected chi connectivity index (χ0v) is 25.0. The number of nitrogens with one attached hydrogen (secondary N) is 2. The highest BCUT2D eigenvalue weighted by atomic mass is 16.5. The molecule has 40 heavy (non-hydrogen) atoms. The van der Waals surface area contributed by atoms with Crippen LogP contribution in [0.3, 0.4) is 0 Å². The summed E-state index contributed by atoms with van der Waals surface area (Å²) in [5, 5.41) is 6.35. The Hall–Kier alpha value is -2.61. The quantitative estimate of drug-likeness (QED) is 0.537. The third-order valence-electron chi connectivity index (χ3n) is 9.19. The van der Waals surface area contributed by atoms with Crippen LogP contribution in [0.2, 0.25) is 0 Å². The number of para-hydroxylation sites is 1. The molecular formula is C32H50N4O4. The van der Waals surface area contributed by atoms with E-state index in [1.807, 2.05) is 24.3 Å². The summed E-state index contributed by atoms with van der Waals surface area (Å²) < 4.78 is 5.42. The minimum Gasteiger partial charge on any atom is -0.496 e. The highest BCUT2D eigenvalue weighted by Gasteiger charge is 2.42. The van der Waals surface area contributed by atoms with Crippen molar-refractivity contribution in [2.45, 2.75) is 84.2 Å². The third-order valence-corrected chi connectivity index (χ3v) is 9.19. The van der Waals surface area contributed by atoms with Crippen molar-refractivity contribution in [3.63, 3.8) is 0 Å². The summed E-state index contributed by atoms with van der Waals surface area (Å²) in [4.78, 5) is 43.6. The number of ether oxygens (including phenoxy) is 1. The molecule has 8 nitrogen and oxygen atoms in total. The maximum absolute atomic E-state index is 13.6. The zero-order chi connectivity index (χ0) is 28.6.